The fourth-order valence-electron chi connectivity index (χ4n) is 4.25. The van der Waals surface area contributed by atoms with Crippen molar-refractivity contribution < 1.29 is 9.47 Å². The molecule has 0 spiro atoms. The van der Waals surface area contributed by atoms with Crippen LogP contribution in [0.3, 0.4) is 0 Å². The number of hydrogen-bond donors (Lipinski definition) is 1. The van der Waals surface area contributed by atoms with Gasteiger partial charge in [-0.05, 0) is 48.5 Å². The van der Waals surface area contributed by atoms with Crippen LogP contribution in [0.1, 0.15) is 18.4 Å². The summed E-state index contributed by atoms with van der Waals surface area (Å²) >= 11 is 0. The molecule has 5 rings (SSSR count). The maximum Gasteiger partial charge on any atom is 0.163 e. The first-order valence-corrected chi connectivity index (χ1v) is 10.1. The van der Waals surface area contributed by atoms with Crippen LogP contribution >= 0.6 is 0 Å². The number of ether oxygens (including phenoxy) is 2. The van der Waals surface area contributed by atoms with Gasteiger partial charge in [0.15, 0.2) is 11.5 Å². The fraction of sp³-hybridized carbons (Fsp3) is 0.348. The second kappa shape index (κ2) is 7.68. The Kier molecular flexibility index (Phi) is 4.75. The number of nitrogens with zero attached hydrogens (tertiary/aromatic N) is 2. The highest BCUT2D eigenvalue weighted by Crippen LogP contribution is 2.33. The number of rotatable bonds is 4. The molecule has 0 unspecified atom stereocenters. The van der Waals surface area contributed by atoms with E-state index in [-0.39, 0.29) is 0 Å². The zero-order valence-corrected chi connectivity index (χ0v) is 15.9. The molecule has 2 aliphatic rings. The molecule has 3 heterocycles. The van der Waals surface area contributed by atoms with Crippen LogP contribution in [0.25, 0.3) is 10.8 Å². The fourth-order valence-corrected chi connectivity index (χ4v) is 4.25. The largest absolute Gasteiger partial charge is 0.486 e. The molecular weight excluding hydrogens is 350 g/mol. The Labute approximate surface area is 165 Å². The van der Waals surface area contributed by atoms with E-state index in [4.69, 9.17) is 9.47 Å². The first kappa shape index (κ1) is 17.3. The summed E-state index contributed by atoms with van der Waals surface area (Å²) in [5.41, 5.74) is 2.48. The Morgan fingerprint density at radius 3 is 2.96 bits per heavy atom. The third-order valence-corrected chi connectivity index (χ3v) is 5.58. The molecule has 0 saturated carbocycles. The number of aromatic nitrogens is 1. The SMILES string of the molecule is c1cc(CN2CCC[C@@H](Nc3ccc4c(c3)OCCO4)C2)c2ccncc2c1. The summed E-state index contributed by atoms with van der Waals surface area (Å²) in [6.45, 7) is 4.40. The van der Waals surface area contributed by atoms with E-state index in [9.17, 15) is 0 Å². The van der Waals surface area contributed by atoms with Gasteiger partial charge in [-0.15, -0.1) is 0 Å². The molecule has 144 valence electrons. The second-order valence-electron chi connectivity index (χ2n) is 7.59. The molecule has 1 atom stereocenters. The van der Waals surface area contributed by atoms with E-state index < -0.39 is 0 Å². The van der Waals surface area contributed by atoms with Crippen molar-refractivity contribution in [2.45, 2.75) is 25.4 Å². The van der Waals surface area contributed by atoms with Crippen LogP contribution < -0.4 is 14.8 Å². The quantitative estimate of drug-likeness (QED) is 0.744. The molecule has 0 bridgehead atoms. The number of hydrogen-bond acceptors (Lipinski definition) is 5. The first-order chi connectivity index (χ1) is 13.8. The topological polar surface area (TPSA) is 46.6 Å². The van der Waals surface area contributed by atoms with Crippen LogP contribution in [-0.2, 0) is 6.54 Å². The van der Waals surface area contributed by atoms with Crippen LogP contribution in [0.15, 0.2) is 54.9 Å². The van der Waals surface area contributed by atoms with E-state index in [1.807, 2.05) is 18.5 Å². The summed E-state index contributed by atoms with van der Waals surface area (Å²) in [5.74, 6) is 1.68. The normalized spacial score (nSPS) is 19.5. The van der Waals surface area contributed by atoms with Gasteiger partial charge in [0.05, 0.1) is 0 Å². The van der Waals surface area contributed by atoms with E-state index in [0.29, 0.717) is 19.3 Å². The number of pyridine rings is 1. The molecule has 5 nitrogen and oxygen atoms in total. The van der Waals surface area contributed by atoms with Crippen molar-refractivity contribution in [3.63, 3.8) is 0 Å². The van der Waals surface area contributed by atoms with Gasteiger partial charge in [0.25, 0.3) is 0 Å². The van der Waals surface area contributed by atoms with Gasteiger partial charge in [-0.1, -0.05) is 18.2 Å². The van der Waals surface area contributed by atoms with E-state index in [1.165, 1.54) is 29.2 Å². The minimum absolute atomic E-state index is 0.438. The summed E-state index contributed by atoms with van der Waals surface area (Å²) in [7, 11) is 0. The van der Waals surface area contributed by atoms with Gasteiger partial charge in [-0.3, -0.25) is 9.88 Å². The predicted octanol–water partition coefficient (Wildman–Crippen LogP) is 4.08. The van der Waals surface area contributed by atoms with Crippen molar-refractivity contribution in [3.05, 3.63) is 60.4 Å². The standard InChI is InChI=1S/C23H25N3O2/c1-3-17-14-24-9-8-21(17)18(4-1)15-26-10-2-5-20(16-26)25-19-6-7-22-23(13-19)28-12-11-27-22/h1,3-4,6-9,13-14,20,25H,2,5,10-12,15-16H2/t20-/m1/s1. The third-order valence-electron chi connectivity index (χ3n) is 5.58. The van der Waals surface area contributed by atoms with Crippen molar-refractivity contribution in [3.8, 4) is 11.5 Å². The van der Waals surface area contributed by atoms with Crippen LogP contribution in [0, 0.1) is 0 Å². The maximum atomic E-state index is 5.71. The Bertz CT molecular complexity index is 970. The number of fused-ring (bicyclic) bond motifs is 2. The third kappa shape index (κ3) is 3.62. The predicted molar refractivity (Wildman–Crippen MR) is 111 cm³/mol. The Balaban J connectivity index is 1.27. The molecule has 2 aromatic carbocycles. The molecule has 0 aliphatic carbocycles. The second-order valence-corrected chi connectivity index (χ2v) is 7.59. The van der Waals surface area contributed by atoms with Crippen molar-refractivity contribution >= 4 is 16.5 Å². The highest BCUT2D eigenvalue weighted by Gasteiger charge is 2.21. The first-order valence-electron chi connectivity index (χ1n) is 10.1. The van der Waals surface area contributed by atoms with E-state index in [1.54, 1.807) is 0 Å². The van der Waals surface area contributed by atoms with Crippen LogP contribution in [0.4, 0.5) is 5.69 Å². The lowest BCUT2D eigenvalue weighted by Crippen LogP contribution is -2.41. The number of likely N-dealkylation sites (tertiary alicyclic amines) is 1. The van der Waals surface area contributed by atoms with Crippen molar-refractivity contribution in [1.82, 2.24) is 9.88 Å². The summed E-state index contributed by atoms with van der Waals surface area (Å²) < 4.78 is 11.3. The number of nitrogens with one attached hydrogen (secondary N) is 1. The summed E-state index contributed by atoms with van der Waals surface area (Å²) in [6, 6.07) is 15.2. The average molecular weight is 375 g/mol. The minimum atomic E-state index is 0.438. The molecule has 1 fully saturated rings. The van der Waals surface area contributed by atoms with Crippen molar-refractivity contribution in [2.24, 2.45) is 0 Å². The zero-order valence-electron chi connectivity index (χ0n) is 15.9. The lowest BCUT2D eigenvalue weighted by molar-refractivity contribution is 0.171. The molecular formula is C23H25N3O2. The van der Waals surface area contributed by atoms with Gasteiger partial charge >= 0.3 is 0 Å². The van der Waals surface area contributed by atoms with E-state index in [2.05, 4.69) is 51.6 Å². The molecule has 28 heavy (non-hydrogen) atoms. The Morgan fingerprint density at radius 1 is 1.07 bits per heavy atom. The summed E-state index contributed by atoms with van der Waals surface area (Å²) in [6.07, 6.45) is 6.22. The van der Waals surface area contributed by atoms with Crippen molar-refractivity contribution in [2.75, 3.05) is 31.6 Å². The van der Waals surface area contributed by atoms with Gasteiger partial charge < -0.3 is 14.8 Å². The molecule has 0 radical (unpaired) electrons. The molecule has 2 aliphatic heterocycles. The van der Waals surface area contributed by atoms with Gasteiger partial charge in [-0.25, -0.2) is 0 Å². The number of benzene rings is 2. The highest BCUT2D eigenvalue weighted by atomic mass is 16.6. The van der Waals surface area contributed by atoms with Crippen LogP contribution in [0.5, 0.6) is 11.5 Å². The molecule has 0 amide bonds. The summed E-state index contributed by atoms with van der Waals surface area (Å²) in [5, 5.41) is 6.21. The lowest BCUT2D eigenvalue weighted by Gasteiger charge is -2.34. The van der Waals surface area contributed by atoms with Crippen molar-refractivity contribution in [1.29, 1.82) is 0 Å². The lowest BCUT2D eigenvalue weighted by atomic mass is 10.0. The number of anilines is 1. The average Bonchev–Trinajstić information content (AvgIpc) is 2.74. The molecule has 5 heteroatoms. The van der Waals surface area contributed by atoms with Gasteiger partial charge in [-0.2, -0.15) is 0 Å². The monoisotopic (exact) mass is 375 g/mol. The molecule has 1 saturated heterocycles. The van der Waals surface area contributed by atoms with E-state index >= 15 is 0 Å². The zero-order chi connectivity index (χ0) is 18.8. The van der Waals surface area contributed by atoms with E-state index in [0.717, 1.165) is 36.8 Å². The molecule has 1 aromatic heterocycles. The van der Waals surface area contributed by atoms with Crippen LogP contribution in [0.2, 0.25) is 0 Å². The Hall–Kier alpha value is -2.79. The smallest absolute Gasteiger partial charge is 0.163 e. The highest BCUT2D eigenvalue weighted by molar-refractivity contribution is 5.84. The van der Waals surface area contributed by atoms with Gasteiger partial charge in [0.2, 0.25) is 0 Å². The van der Waals surface area contributed by atoms with Gasteiger partial charge in [0, 0.05) is 48.7 Å². The minimum Gasteiger partial charge on any atom is -0.486 e. The van der Waals surface area contributed by atoms with Gasteiger partial charge in [0.1, 0.15) is 13.2 Å². The molecule has 1 N–H and O–H groups in total. The maximum absolute atomic E-state index is 5.71. The Morgan fingerprint density at radius 2 is 2.00 bits per heavy atom. The molecule has 3 aromatic rings. The van der Waals surface area contributed by atoms with Crippen LogP contribution in [-0.4, -0.2) is 42.2 Å². The number of piperidine rings is 1. The summed E-state index contributed by atoms with van der Waals surface area (Å²) in [4.78, 5) is 6.80.